The predicted octanol–water partition coefficient (Wildman–Crippen LogP) is 3.42. The van der Waals surface area contributed by atoms with E-state index < -0.39 is 0 Å². The summed E-state index contributed by atoms with van der Waals surface area (Å²) in [5, 5.41) is 0.972. The number of ether oxygens (including phenoxy) is 1. The van der Waals surface area contributed by atoms with Crippen molar-refractivity contribution in [3.05, 3.63) is 39.9 Å². The van der Waals surface area contributed by atoms with Crippen LogP contribution in [0.3, 0.4) is 0 Å². The van der Waals surface area contributed by atoms with E-state index in [1.54, 1.807) is 31.3 Å². The van der Waals surface area contributed by atoms with Gasteiger partial charge < -0.3 is 9.64 Å². The Morgan fingerprint density at radius 3 is 2.48 bits per heavy atom. The van der Waals surface area contributed by atoms with Gasteiger partial charge in [-0.25, -0.2) is 0 Å². The number of esters is 1. The highest BCUT2D eigenvalue weighted by Gasteiger charge is 2.08. The molecule has 0 bridgehead atoms. The summed E-state index contributed by atoms with van der Waals surface area (Å²) in [7, 11) is 3.01. The standard InChI is InChI=1S/C15H17Cl2NO3/c1-18(10-4-7-15(20)21-2)14(19)9-8-11-12(16)5-3-6-13(11)17/h3,5-6,8-9H,4,7,10H2,1-2H3/b9-8+. The van der Waals surface area contributed by atoms with E-state index in [0.29, 0.717) is 28.6 Å². The van der Waals surface area contributed by atoms with Crippen LogP contribution in [0.2, 0.25) is 10.0 Å². The van der Waals surface area contributed by atoms with E-state index in [1.165, 1.54) is 18.1 Å². The maximum Gasteiger partial charge on any atom is 0.305 e. The summed E-state index contributed by atoms with van der Waals surface area (Å²) in [5.41, 5.74) is 0.608. The molecule has 114 valence electrons. The van der Waals surface area contributed by atoms with Crippen LogP contribution in [-0.4, -0.2) is 37.5 Å². The molecule has 0 aliphatic heterocycles. The highest BCUT2D eigenvalue weighted by molar-refractivity contribution is 6.37. The first-order valence-corrected chi connectivity index (χ1v) is 7.15. The van der Waals surface area contributed by atoms with Crippen molar-refractivity contribution in [1.82, 2.24) is 4.90 Å². The number of halogens is 2. The van der Waals surface area contributed by atoms with E-state index in [9.17, 15) is 9.59 Å². The molecule has 1 aromatic carbocycles. The Kier molecular flexibility index (Phi) is 7.26. The Bertz CT molecular complexity index is 523. The van der Waals surface area contributed by atoms with Gasteiger partial charge in [-0.05, 0) is 24.6 Å². The number of methoxy groups -OCH3 is 1. The second-order valence-electron chi connectivity index (χ2n) is 4.41. The minimum absolute atomic E-state index is 0.184. The molecule has 0 heterocycles. The lowest BCUT2D eigenvalue weighted by Gasteiger charge is -2.14. The predicted molar refractivity (Wildman–Crippen MR) is 84.4 cm³/mol. The number of hydrogen-bond acceptors (Lipinski definition) is 3. The number of amides is 1. The Morgan fingerprint density at radius 1 is 1.29 bits per heavy atom. The second kappa shape index (κ2) is 8.70. The number of rotatable bonds is 6. The third kappa shape index (κ3) is 5.78. The molecule has 1 rings (SSSR count). The van der Waals surface area contributed by atoms with Crippen molar-refractivity contribution in [2.75, 3.05) is 20.7 Å². The zero-order valence-electron chi connectivity index (χ0n) is 11.9. The maximum atomic E-state index is 11.9. The number of carbonyl (C=O) groups excluding carboxylic acids is 2. The molecular formula is C15H17Cl2NO3. The van der Waals surface area contributed by atoms with Crippen LogP contribution in [0.25, 0.3) is 6.08 Å². The van der Waals surface area contributed by atoms with Crippen LogP contribution in [0, 0.1) is 0 Å². The maximum absolute atomic E-state index is 11.9. The molecule has 0 saturated carbocycles. The van der Waals surface area contributed by atoms with Gasteiger partial charge in [0, 0.05) is 41.7 Å². The van der Waals surface area contributed by atoms with Crippen molar-refractivity contribution in [1.29, 1.82) is 0 Å². The van der Waals surface area contributed by atoms with Crippen molar-refractivity contribution >= 4 is 41.2 Å². The Balaban J connectivity index is 2.56. The minimum atomic E-state index is -0.283. The molecule has 6 heteroatoms. The van der Waals surface area contributed by atoms with E-state index in [-0.39, 0.29) is 18.3 Å². The summed E-state index contributed by atoms with van der Waals surface area (Å²) in [4.78, 5) is 24.4. The molecule has 0 unspecified atom stereocenters. The summed E-state index contributed by atoms with van der Waals surface area (Å²) in [6.45, 7) is 0.467. The van der Waals surface area contributed by atoms with E-state index in [2.05, 4.69) is 4.74 Å². The lowest BCUT2D eigenvalue weighted by atomic mass is 10.2. The topological polar surface area (TPSA) is 46.6 Å². The fourth-order valence-electron chi connectivity index (χ4n) is 1.62. The van der Waals surface area contributed by atoms with Gasteiger partial charge in [0.1, 0.15) is 0 Å². The van der Waals surface area contributed by atoms with Crippen molar-refractivity contribution in [2.24, 2.45) is 0 Å². The van der Waals surface area contributed by atoms with Gasteiger partial charge in [-0.2, -0.15) is 0 Å². The van der Waals surface area contributed by atoms with Crippen LogP contribution in [0.1, 0.15) is 18.4 Å². The van der Waals surface area contributed by atoms with Gasteiger partial charge in [0.05, 0.1) is 7.11 Å². The zero-order chi connectivity index (χ0) is 15.8. The molecule has 0 aliphatic carbocycles. The quantitative estimate of drug-likeness (QED) is 0.593. The van der Waals surface area contributed by atoms with E-state index in [4.69, 9.17) is 23.2 Å². The number of benzene rings is 1. The molecule has 0 atom stereocenters. The van der Waals surface area contributed by atoms with Crippen LogP contribution < -0.4 is 0 Å². The largest absolute Gasteiger partial charge is 0.469 e. The number of hydrogen-bond donors (Lipinski definition) is 0. The van der Waals surface area contributed by atoms with Crippen molar-refractivity contribution in [3.63, 3.8) is 0 Å². The molecular weight excluding hydrogens is 313 g/mol. The molecule has 0 saturated heterocycles. The molecule has 4 nitrogen and oxygen atoms in total. The second-order valence-corrected chi connectivity index (χ2v) is 5.22. The molecule has 0 N–H and O–H groups in total. The van der Waals surface area contributed by atoms with Gasteiger partial charge in [-0.15, -0.1) is 0 Å². The van der Waals surface area contributed by atoms with Gasteiger partial charge >= 0.3 is 5.97 Å². The fraction of sp³-hybridized carbons (Fsp3) is 0.333. The smallest absolute Gasteiger partial charge is 0.305 e. The SMILES string of the molecule is COC(=O)CCCN(C)C(=O)/C=C/c1c(Cl)cccc1Cl. The van der Waals surface area contributed by atoms with Gasteiger partial charge in [0.2, 0.25) is 5.91 Å². The zero-order valence-corrected chi connectivity index (χ0v) is 13.4. The summed E-state index contributed by atoms with van der Waals surface area (Å²) in [5.74, 6) is -0.468. The number of carbonyl (C=O) groups is 2. The van der Waals surface area contributed by atoms with Crippen LogP contribution >= 0.6 is 23.2 Å². The average Bonchev–Trinajstić information content (AvgIpc) is 2.46. The summed E-state index contributed by atoms with van der Waals surface area (Å²) in [6, 6.07) is 5.15. The van der Waals surface area contributed by atoms with Crippen molar-refractivity contribution in [3.8, 4) is 0 Å². The minimum Gasteiger partial charge on any atom is -0.469 e. The van der Waals surface area contributed by atoms with Gasteiger partial charge in [-0.1, -0.05) is 29.3 Å². The van der Waals surface area contributed by atoms with Gasteiger partial charge in [-0.3, -0.25) is 9.59 Å². The number of nitrogens with zero attached hydrogens (tertiary/aromatic N) is 1. The first-order chi connectivity index (χ1) is 9.95. The fourth-order valence-corrected chi connectivity index (χ4v) is 2.15. The van der Waals surface area contributed by atoms with Crippen LogP contribution in [0.5, 0.6) is 0 Å². The van der Waals surface area contributed by atoms with Crippen LogP contribution in [-0.2, 0) is 14.3 Å². The Labute approximate surface area is 134 Å². The van der Waals surface area contributed by atoms with Crippen LogP contribution in [0.4, 0.5) is 0 Å². The summed E-state index contributed by atoms with van der Waals surface area (Å²) >= 11 is 12.0. The molecule has 0 radical (unpaired) electrons. The van der Waals surface area contributed by atoms with Gasteiger partial charge in [0.15, 0.2) is 0 Å². The number of likely N-dealkylation sites (N-methyl/N-ethyl adjacent to an activating group) is 1. The van der Waals surface area contributed by atoms with Gasteiger partial charge in [0.25, 0.3) is 0 Å². The molecule has 0 aromatic heterocycles. The summed E-state index contributed by atoms with van der Waals surface area (Å²) < 4.78 is 4.54. The van der Waals surface area contributed by atoms with E-state index in [0.717, 1.165) is 0 Å². The third-order valence-electron chi connectivity index (χ3n) is 2.87. The van der Waals surface area contributed by atoms with Crippen molar-refractivity contribution < 1.29 is 14.3 Å². The summed E-state index contributed by atoms with van der Waals surface area (Å²) in [6.07, 6.45) is 3.83. The Hall–Kier alpha value is -1.52. The highest BCUT2D eigenvalue weighted by atomic mass is 35.5. The van der Waals surface area contributed by atoms with Crippen LogP contribution in [0.15, 0.2) is 24.3 Å². The third-order valence-corrected chi connectivity index (χ3v) is 3.53. The molecule has 1 aromatic rings. The first-order valence-electron chi connectivity index (χ1n) is 6.39. The molecule has 1 amide bonds. The molecule has 0 aliphatic rings. The first kappa shape index (κ1) is 17.5. The molecule has 21 heavy (non-hydrogen) atoms. The van der Waals surface area contributed by atoms with E-state index in [1.807, 2.05) is 0 Å². The molecule has 0 fully saturated rings. The lowest BCUT2D eigenvalue weighted by Crippen LogP contribution is -2.26. The monoisotopic (exact) mass is 329 g/mol. The molecule has 0 spiro atoms. The Morgan fingerprint density at radius 2 is 1.90 bits per heavy atom. The normalized spacial score (nSPS) is 10.7. The lowest BCUT2D eigenvalue weighted by molar-refractivity contribution is -0.141. The average molecular weight is 330 g/mol. The highest BCUT2D eigenvalue weighted by Crippen LogP contribution is 2.25. The van der Waals surface area contributed by atoms with E-state index >= 15 is 0 Å². The van der Waals surface area contributed by atoms with Crippen molar-refractivity contribution in [2.45, 2.75) is 12.8 Å².